The maximum absolute atomic E-state index is 12.2. The Kier molecular flexibility index (Phi) is 6.24. The number of benzene rings is 1. The van der Waals surface area contributed by atoms with Gasteiger partial charge in [-0.05, 0) is 38.5 Å². The van der Waals surface area contributed by atoms with E-state index >= 15 is 0 Å². The molecule has 1 heterocycles. The lowest BCUT2D eigenvalue weighted by Gasteiger charge is -2.13. The third-order valence-corrected chi connectivity index (χ3v) is 4.80. The first kappa shape index (κ1) is 18.3. The van der Waals surface area contributed by atoms with E-state index in [9.17, 15) is 10.1 Å². The number of nitriles is 1. The second-order valence-electron chi connectivity index (χ2n) is 5.33. The number of halogens is 1. The average molecular weight is 361 g/mol. The molecule has 0 spiro atoms. The lowest BCUT2D eigenvalue weighted by Crippen LogP contribution is -2.17. The van der Waals surface area contributed by atoms with Crippen molar-refractivity contribution in [2.75, 3.05) is 0 Å². The number of aryl methyl sites for hydroxylation is 2. The van der Waals surface area contributed by atoms with Crippen LogP contribution in [0.5, 0.6) is 0 Å². The fourth-order valence-corrected chi connectivity index (χ4v) is 3.33. The number of ether oxygens (including phenoxy) is 1. The van der Waals surface area contributed by atoms with Crippen LogP contribution >= 0.6 is 23.4 Å². The number of aromatic nitrogens is 1. The second kappa shape index (κ2) is 8.18. The molecule has 0 saturated carbocycles. The molecule has 1 unspecified atom stereocenters. The van der Waals surface area contributed by atoms with Crippen LogP contribution in [0.25, 0.3) is 0 Å². The number of carbonyl (C=O) groups excluding carboxylic acids is 1. The first-order valence-electron chi connectivity index (χ1n) is 7.37. The summed E-state index contributed by atoms with van der Waals surface area (Å²) in [5.74, 6) is -0.371. The molecule has 0 saturated heterocycles. The average Bonchev–Trinajstić information content (AvgIpc) is 2.53. The number of hydrogen-bond donors (Lipinski definition) is 0. The van der Waals surface area contributed by atoms with Crippen molar-refractivity contribution in [3.05, 3.63) is 57.7 Å². The highest BCUT2D eigenvalue weighted by Crippen LogP contribution is 2.28. The predicted molar refractivity (Wildman–Crippen MR) is 95.0 cm³/mol. The van der Waals surface area contributed by atoms with Gasteiger partial charge in [0.1, 0.15) is 23.0 Å². The zero-order valence-electron chi connectivity index (χ0n) is 13.7. The Labute approximate surface area is 150 Å². The lowest BCUT2D eigenvalue weighted by atomic mass is 10.1. The Morgan fingerprint density at radius 2 is 2.12 bits per heavy atom. The van der Waals surface area contributed by atoms with Gasteiger partial charge in [0, 0.05) is 16.3 Å². The van der Waals surface area contributed by atoms with Crippen LogP contribution in [-0.2, 0) is 16.1 Å². The molecule has 124 valence electrons. The Bertz CT molecular complexity index is 802. The summed E-state index contributed by atoms with van der Waals surface area (Å²) in [5, 5.41) is 9.93. The zero-order valence-corrected chi connectivity index (χ0v) is 15.2. The summed E-state index contributed by atoms with van der Waals surface area (Å²) in [6, 6.07) is 11.2. The molecule has 0 bridgehead atoms. The highest BCUT2D eigenvalue weighted by atomic mass is 35.5. The van der Waals surface area contributed by atoms with E-state index < -0.39 is 5.25 Å². The first-order chi connectivity index (χ1) is 11.4. The van der Waals surface area contributed by atoms with Gasteiger partial charge in [-0.15, -0.1) is 0 Å². The van der Waals surface area contributed by atoms with Gasteiger partial charge in [-0.25, -0.2) is 4.98 Å². The van der Waals surface area contributed by atoms with Crippen LogP contribution in [0, 0.1) is 25.2 Å². The van der Waals surface area contributed by atoms with E-state index in [-0.39, 0.29) is 12.6 Å². The molecule has 0 N–H and O–H groups in total. The minimum absolute atomic E-state index is 0.120. The fraction of sp³-hybridized carbons (Fsp3) is 0.278. The molecule has 24 heavy (non-hydrogen) atoms. The van der Waals surface area contributed by atoms with E-state index in [1.54, 1.807) is 13.0 Å². The summed E-state index contributed by atoms with van der Waals surface area (Å²) in [6.07, 6.45) is 0. The first-order valence-corrected chi connectivity index (χ1v) is 8.63. The predicted octanol–water partition coefficient (Wildman–Crippen LogP) is 4.45. The Balaban J connectivity index is 2.05. The molecule has 4 nitrogen and oxygen atoms in total. The van der Waals surface area contributed by atoms with Crippen molar-refractivity contribution in [1.29, 1.82) is 5.26 Å². The molecular formula is C18H17ClN2O2S. The van der Waals surface area contributed by atoms with E-state index in [0.29, 0.717) is 15.6 Å². The summed E-state index contributed by atoms with van der Waals surface area (Å²) >= 11 is 7.28. The molecule has 0 amide bonds. The zero-order chi connectivity index (χ0) is 17.7. The molecule has 2 aromatic rings. The van der Waals surface area contributed by atoms with Gasteiger partial charge in [-0.1, -0.05) is 41.6 Å². The molecule has 0 radical (unpaired) electrons. The Hall–Kier alpha value is -2.03. The van der Waals surface area contributed by atoms with Gasteiger partial charge in [0.05, 0.1) is 5.56 Å². The van der Waals surface area contributed by atoms with Crippen LogP contribution in [0.4, 0.5) is 0 Å². The van der Waals surface area contributed by atoms with Crippen LogP contribution in [0.3, 0.4) is 0 Å². The van der Waals surface area contributed by atoms with E-state index in [0.717, 1.165) is 16.8 Å². The third-order valence-electron chi connectivity index (χ3n) is 3.37. The number of hydrogen-bond acceptors (Lipinski definition) is 5. The molecule has 1 atom stereocenters. The number of thioether (sulfide) groups is 1. The Morgan fingerprint density at radius 3 is 2.79 bits per heavy atom. The van der Waals surface area contributed by atoms with Gasteiger partial charge >= 0.3 is 5.97 Å². The van der Waals surface area contributed by atoms with Crippen LogP contribution in [0.1, 0.15) is 29.3 Å². The van der Waals surface area contributed by atoms with Gasteiger partial charge in [0.2, 0.25) is 0 Å². The number of rotatable bonds is 5. The summed E-state index contributed by atoms with van der Waals surface area (Å²) in [7, 11) is 0. The molecule has 0 aliphatic carbocycles. The summed E-state index contributed by atoms with van der Waals surface area (Å²) in [4.78, 5) is 16.6. The van der Waals surface area contributed by atoms with Crippen molar-refractivity contribution in [3.63, 3.8) is 0 Å². The molecule has 1 aromatic carbocycles. The third kappa shape index (κ3) is 4.50. The Morgan fingerprint density at radius 1 is 1.42 bits per heavy atom. The fourth-order valence-electron chi connectivity index (χ4n) is 2.12. The van der Waals surface area contributed by atoms with Crippen molar-refractivity contribution in [2.45, 2.75) is 37.7 Å². The van der Waals surface area contributed by atoms with E-state index in [2.05, 4.69) is 11.1 Å². The topological polar surface area (TPSA) is 63.0 Å². The molecule has 0 fully saturated rings. The van der Waals surface area contributed by atoms with Crippen LogP contribution in [0.15, 0.2) is 35.4 Å². The van der Waals surface area contributed by atoms with Crippen LogP contribution < -0.4 is 0 Å². The molecule has 6 heteroatoms. The maximum atomic E-state index is 12.2. The van der Waals surface area contributed by atoms with Crippen molar-refractivity contribution >= 4 is 29.3 Å². The molecular weight excluding hydrogens is 344 g/mol. The van der Waals surface area contributed by atoms with Gasteiger partial charge in [-0.2, -0.15) is 5.26 Å². The van der Waals surface area contributed by atoms with Crippen LogP contribution in [0.2, 0.25) is 5.02 Å². The number of esters is 1. The van der Waals surface area contributed by atoms with Crippen LogP contribution in [-0.4, -0.2) is 16.2 Å². The van der Waals surface area contributed by atoms with Gasteiger partial charge < -0.3 is 4.74 Å². The summed E-state index contributed by atoms with van der Waals surface area (Å²) in [6.45, 7) is 5.57. The SMILES string of the molecule is Cc1cc(C)c(C#N)c(SC(C)C(=O)OCc2ccccc2Cl)n1. The van der Waals surface area contributed by atoms with Gasteiger partial charge in [0.15, 0.2) is 0 Å². The maximum Gasteiger partial charge on any atom is 0.319 e. The molecule has 1 aromatic heterocycles. The molecule has 2 rings (SSSR count). The summed E-state index contributed by atoms with van der Waals surface area (Å²) in [5.41, 5.74) is 2.91. The second-order valence-corrected chi connectivity index (χ2v) is 7.07. The van der Waals surface area contributed by atoms with Gasteiger partial charge in [-0.3, -0.25) is 4.79 Å². The number of nitrogens with zero attached hydrogens (tertiary/aromatic N) is 2. The number of carbonyl (C=O) groups is 1. The highest BCUT2D eigenvalue weighted by molar-refractivity contribution is 8.00. The standard InChI is InChI=1S/C18H17ClN2O2S/c1-11-8-12(2)21-17(15(11)9-20)24-13(3)18(22)23-10-14-6-4-5-7-16(14)19/h4-8,13H,10H2,1-3H3. The van der Waals surface area contributed by atoms with Crippen molar-refractivity contribution in [3.8, 4) is 6.07 Å². The van der Waals surface area contributed by atoms with Crippen molar-refractivity contribution < 1.29 is 9.53 Å². The largest absolute Gasteiger partial charge is 0.460 e. The monoisotopic (exact) mass is 360 g/mol. The minimum Gasteiger partial charge on any atom is -0.460 e. The lowest BCUT2D eigenvalue weighted by molar-refractivity contribution is -0.143. The smallest absolute Gasteiger partial charge is 0.319 e. The molecule has 0 aliphatic rings. The van der Waals surface area contributed by atoms with E-state index in [1.165, 1.54) is 11.8 Å². The van der Waals surface area contributed by atoms with Gasteiger partial charge in [0.25, 0.3) is 0 Å². The molecule has 0 aliphatic heterocycles. The van der Waals surface area contributed by atoms with E-state index in [4.69, 9.17) is 16.3 Å². The van der Waals surface area contributed by atoms with Crippen molar-refractivity contribution in [2.24, 2.45) is 0 Å². The number of pyridine rings is 1. The highest BCUT2D eigenvalue weighted by Gasteiger charge is 2.20. The van der Waals surface area contributed by atoms with Crippen molar-refractivity contribution in [1.82, 2.24) is 4.98 Å². The van der Waals surface area contributed by atoms with E-state index in [1.807, 2.05) is 38.1 Å². The minimum atomic E-state index is -0.478. The normalized spacial score (nSPS) is 11.6. The summed E-state index contributed by atoms with van der Waals surface area (Å²) < 4.78 is 5.32. The quantitative estimate of drug-likeness (QED) is 0.582.